The molecule has 0 saturated heterocycles. The van der Waals surface area contributed by atoms with Crippen molar-refractivity contribution in [3.05, 3.63) is 42.6 Å². The van der Waals surface area contributed by atoms with Gasteiger partial charge in [0.1, 0.15) is 11.4 Å². The molecule has 0 saturated carbocycles. The summed E-state index contributed by atoms with van der Waals surface area (Å²) in [5, 5.41) is 0. The van der Waals surface area contributed by atoms with Gasteiger partial charge in [-0.15, -0.1) is 0 Å². The van der Waals surface area contributed by atoms with E-state index in [2.05, 4.69) is 9.97 Å². The van der Waals surface area contributed by atoms with Crippen molar-refractivity contribution in [2.45, 2.75) is 13.0 Å². The summed E-state index contributed by atoms with van der Waals surface area (Å²) in [5.74, 6) is 0.619. The van der Waals surface area contributed by atoms with Gasteiger partial charge >= 0.3 is 0 Å². The third-order valence-electron chi connectivity index (χ3n) is 3.76. The van der Waals surface area contributed by atoms with Crippen LogP contribution in [0.3, 0.4) is 0 Å². The SMILES string of the molecule is COCCC(=O)c1nc(-c2cn(CCOC)cn2)n2ccccc12. The summed E-state index contributed by atoms with van der Waals surface area (Å²) in [6.07, 6.45) is 5.84. The number of ketones is 1. The number of ether oxygens (including phenoxy) is 2. The molecule has 7 nitrogen and oxygen atoms in total. The lowest BCUT2D eigenvalue weighted by molar-refractivity contribution is 0.0929. The van der Waals surface area contributed by atoms with Crippen LogP contribution < -0.4 is 0 Å². The average molecular weight is 328 g/mol. The number of pyridine rings is 1. The van der Waals surface area contributed by atoms with Crippen LogP contribution in [-0.2, 0) is 16.0 Å². The van der Waals surface area contributed by atoms with E-state index in [1.165, 1.54) is 0 Å². The molecule has 0 aliphatic heterocycles. The number of hydrogen-bond acceptors (Lipinski definition) is 5. The van der Waals surface area contributed by atoms with Crippen LogP contribution in [0.1, 0.15) is 16.9 Å². The smallest absolute Gasteiger partial charge is 0.185 e. The van der Waals surface area contributed by atoms with Gasteiger partial charge in [0, 0.05) is 39.6 Å². The van der Waals surface area contributed by atoms with Crippen LogP contribution in [0.4, 0.5) is 0 Å². The molecule has 126 valence electrons. The standard InChI is InChI=1S/C17H20N4O3/c1-23-9-6-15(22)16-14-5-3-4-7-21(14)17(19-16)13-11-20(12-18-13)8-10-24-2/h3-5,7,11-12H,6,8-10H2,1-2H3. The number of rotatable bonds is 8. The number of methoxy groups -OCH3 is 2. The molecule has 0 aliphatic rings. The lowest BCUT2D eigenvalue weighted by Crippen LogP contribution is -2.04. The van der Waals surface area contributed by atoms with Gasteiger partial charge in [-0.2, -0.15) is 0 Å². The fraction of sp³-hybridized carbons (Fsp3) is 0.353. The highest BCUT2D eigenvalue weighted by atomic mass is 16.5. The number of imidazole rings is 2. The predicted molar refractivity (Wildman–Crippen MR) is 89.1 cm³/mol. The molecule has 0 aromatic carbocycles. The topological polar surface area (TPSA) is 70.6 Å². The zero-order valence-electron chi connectivity index (χ0n) is 13.8. The zero-order chi connectivity index (χ0) is 16.9. The molecule has 3 heterocycles. The van der Waals surface area contributed by atoms with E-state index in [9.17, 15) is 4.79 Å². The van der Waals surface area contributed by atoms with Crippen molar-refractivity contribution < 1.29 is 14.3 Å². The summed E-state index contributed by atoms with van der Waals surface area (Å²) in [4.78, 5) is 21.4. The molecular weight excluding hydrogens is 308 g/mol. The molecular formula is C17H20N4O3. The zero-order valence-corrected chi connectivity index (χ0v) is 13.8. The highest BCUT2D eigenvalue weighted by Crippen LogP contribution is 2.22. The van der Waals surface area contributed by atoms with Gasteiger partial charge in [0.25, 0.3) is 0 Å². The average Bonchev–Trinajstić information content (AvgIpc) is 3.22. The largest absolute Gasteiger partial charge is 0.384 e. The van der Waals surface area contributed by atoms with E-state index in [-0.39, 0.29) is 5.78 Å². The summed E-state index contributed by atoms with van der Waals surface area (Å²) < 4.78 is 13.9. The highest BCUT2D eigenvalue weighted by Gasteiger charge is 2.19. The Labute approximate surface area is 139 Å². The Bertz CT molecular complexity index is 837. The molecule has 0 radical (unpaired) electrons. The van der Waals surface area contributed by atoms with E-state index in [1.54, 1.807) is 20.5 Å². The van der Waals surface area contributed by atoms with Crippen LogP contribution in [0.25, 0.3) is 17.0 Å². The van der Waals surface area contributed by atoms with Gasteiger partial charge in [-0.05, 0) is 12.1 Å². The Hall–Kier alpha value is -2.51. The van der Waals surface area contributed by atoms with Crippen molar-refractivity contribution >= 4 is 11.3 Å². The van der Waals surface area contributed by atoms with Crippen LogP contribution in [0.15, 0.2) is 36.9 Å². The van der Waals surface area contributed by atoms with Crippen molar-refractivity contribution in [2.24, 2.45) is 0 Å². The van der Waals surface area contributed by atoms with Gasteiger partial charge in [0.05, 0.1) is 25.1 Å². The maximum Gasteiger partial charge on any atom is 0.185 e. The number of fused-ring (bicyclic) bond motifs is 1. The van der Waals surface area contributed by atoms with Crippen molar-refractivity contribution in [1.29, 1.82) is 0 Å². The minimum atomic E-state index is -0.0365. The van der Waals surface area contributed by atoms with Gasteiger partial charge in [-0.1, -0.05) is 6.07 Å². The maximum atomic E-state index is 12.4. The van der Waals surface area contributed by atoms with Crippen molar-refractivity contribution in [2.75, 3.05) is 27.4 Å². The summed E-state index contributed by atoms with van der Waals surface area (Å²) in [6, 6.07) is 5.69. The van der Waals surface area contributed by atoms with Crippen LogP contribution >= 0.6 is 0 Å². The number of nitrogens with zero attached hydrogens (tertiary/aromatic N) is 4. The van der Waals surface area contributed by atoms with Crippen LogP contribution in [0.5, 0.6) is 0 Å². The van der Waals surface area contributed by atoms with E-state index >= 15 is 0 Å². The van der Waals surface area contributed by atoms with Crippen LogP contribution in [-0.4, -0.2) is 52.2 Å². The summed E-state index contributed by atoms with van der Waals surface area (Å²) in [5.41, 5.74) is 1.95. The first-order valence-corrected chi connectivity index (χ1v) is 7.75. The molecule has 0 unspecified atom stereocenters. The number of carbonyl (C=O) groups excluding carboxylic acids is 1. The molecule has 0 spiro atoms. The fourth-order valence-electron chi connectivity index (χ4n) is 2.53. The van der Waals surface area contributed by atoms with Crippen molar-refractivity contribution in [3.8, 4) is 11.5 Å². The van der Waals surface area contributed by atoms with Crippen LogP contribution in [0.2, 0.25) is 0 Å². The number of aromatic nitrogens is 4. The minimum absolute atomic E-state index is 0.0365. The van der Waals surface area contributed by atoms with Gasteiger partial charge in [0.15, 0.2) is 11.6 Å². The quantitative estimate of drug-likeness (QED) is 0.592. The first-order chi connectivity index (χ1) is 11.7. The molecule has 0 atom stereocenters. The maximum absolute atomic E-state index is 12.4. The van der Waals surface area contributed by atoms with Gasteiger partial charge < -0.3 is 14.0 Å². The molecule has 3 aromatic rings. The predicted octanol–water partition coefficient (Wildman–Crippen LogP) is 2.06. The third-order valence-corrected chi connectivity index (χ3v) is 3.76. The molecule has 0 N–H and O–H groups in total. The van der Waals surface area contributed by atoms with Gasteiger partial charge in [-0.3, -0.25) is 9.20 Å². The van der Waals surface area contributed by atoms with E-state index in [0.29, 0.717) is 37.7 Å². The molecule has 7 heteroatoms. The molecule has 3 aromatic heterocycles. The number of Topliss-reactive ketones (excluding diaryl/α,β-unsaturated/α-hetero) is 1. The molecule has 0 fully saturated rings. The molecule has 3 rings (SSSR count). The van der Waals surface area contributed by atoms with E-state index in [4.69, 9.17) is 9.47 Å². The van der Waals surface area contributed by atoms with E-state index < -0.39 is 0 Å². The summed E-state index contributed by atoms with van der Waals surface area (Å²) in [6.45, 7) is 1.71. The Balaban J connectivity index is 1.99. The lowest BCUT2D eigenvalue weighted by Gasteiger charge is -1.99. The third kappa shape index (κ3) is 3.22. The van der Waals surface area contributed by atoms with Gasteiger partial charge in [-0.25, -0.2) is 9.97 Å². The van der Waals surface area contributed by atoms with Crippen molar-refractivity contribution in [3.63, 3.8) is 0 Å². The fourth-order valence-corrected chi connectivity index (χ4v) is 2.53. The second-order valence-electron chi connectivity index (χ2n) is 5.40. The summed E-state index contributed by atoms with van der Waals surface area (Å²) in [7, 11) is 3.24. The monoisotopic (exact) mass is 328 g/mol. The normalized spacial score (nSPS) is 11.2. The van der Waals surface area contributed by atoms with Crippen molar-refractivity contribution in [1.82, 2.24) is 18.9 Å². The lowest BCUT2D eigenvalue weighted by atomic mass is 10.2. The van der Waals surface area contributed by atoms with Crippen LogP contribution in [0, 0.1) is 0 Å². The first kappa shape index (κ1) is 16.4. The van der Waals surface area contributed by atoms with E-state index in [1.807, 2.05) is 39.6 Å². The number of carbonyl (C=O) groups is 1. The second kappa shape index (κ2) is 7.37. The Kier molecular flexibility index (Phi) is 5.02. The molecule has 0 amide bonds. The number of hydrogen-bond donors (Lipinski definition) is 0. The van der Waals surface area contributed by atoms with Gasteiger partial charge in [0.2, 0.25) is 0 Å². The Morgan fingerprint density at radius 2 is 2.04 bits per heavy atom. The summed E-state index contributed by atoms with van der Waals surface area (Å²) >= 11 is 0. The second-order valence-corrected chi connectivity index (χ2v) is 5.40. The minimum Gasteiger partial charge on any atom is -0.384 e. The Morgan fingerprint density at radius 1 is 1.21 bits per heavy atom. The molecule has 0 aliphatic carbocycles. The molecule has 24 heavy (non-hydrogen) atoms. The van der Waals surface area contributed by atoms with E-state index in [0.717, 1.165) is 11.2 Å². The first-order valence-electron chi connectivity index (χ1n) is 7.75. The molecule has 0 bridgehead atoms. The Morgan fingerprint density at radius 3 is 2.83 bits per heavy atom. The highest BCUT2D eigenvalue weighted by molar-refractivity contribution is 6.01.